The third kappa shape index (κ3) is 2.50. The number of amides is 1. The molecule has 1 amide bonds. The molecular formula is C12H14N4O. The molecule has 0 saturated heterocycles. The standard InChI is InChI=1S/C12H14N4O/c1-8(12(17)13-2)15-11-7-14-9-5-3-4-6-10(9)16-11/h3-8H,1-2H3,(H,13,17)(H,15,16). The SMILES string of the molecule is CNC(=O)C(C)Nc1cnc2ccccc2n1. The lowest BCUT2D eigenvalue weighted by atomic mass is 10.3. The summed E-state index contributed by atoms with van der Waals surface area (Å²) in [5, 5.41) is 5.57. The fourth-order valence-corrected chi connectivity index (χ4v) is 1.53. The number of carbonyl (C=O) groups excluding carboxylic acids is 1. The van der Waals surface area contributed by atoms with E-state index in [-0.39, 0.29) is 11.9 Å². The Bertz CT molecular complexity index is 541. The van der Waals surface area contributed by atoms with E-state index in [2.05, 4.69) is 20.6 Å². The summed E-state index contributed by atoms with van der Waals surface area (Å²) >= 11 is 0. The third-order valence-electron chi connectivity index (χ3n) is 2.45. The van der Waals surface area contributed by atoms with E-state index >= 15 is 0 Å². The molecule has 0 spiro atoms. The summed E-state index contributed by atoms with van der Waals surface area (Å²) in [6, 6.07) is 7.27. The third-order valence-corrected chi connectivity index (χ3v) is 2.45. The lowest BCUT2D eigenvalue weighted by Crippen LogP contribution is -2.35. The van der Waals surface area contributed by atoms with E-state index in [1.54, 1.807) is 20.2 Å². The van der Waals surface area contributed by atoms with Gasteiger partial charge in [-0.2, -0.15) is 0 Å². The van der Waals surface area contributed by atoms with E-state index in [0.717, 1.165) is 11.0 Å². The Balaban J connectivity index is 2.22. The van der Waals surface area contributed by atoms with Gasteiger partial charge in [0.15, 0.2) is 0 Å². The highest BCUT2D eigenvalue weighted by atomic mass is 16.2. The van der Waals surface area contributed by atoms with Crippen LogP contribution in [-0.4, -0.2) is 29.0 Å². The lowest BCUT2D eigenvalue weighted by Gasteiger charge is -2.12. The Kier molecular flexibility index (Phi) is 3.18. The van der Waals surface area contributed by atoms with Crippen LogP contribution < -0.4 is 10.6 Å². The summed E-state index contributed by atoms with van der Waals surface area (Å²) in [4.78, 5) is 20.0. The number of carbonyl (C=O) groups is 1. The highest BCUT2D eigenvalue weighted by Gasteiger charge is 2.11. The second kappa shape index (κ2) is 4.78. The average molecular weight is 230 g/mol. The first kappa shape index (κ1) is 11.3. The maximum Gasteiger partial charge on any atom is 0.241 e. The number of rotatable bonds is 3. The summed E-state index contributed by atoms with van der Waals surface area (Å²) in [7, 11) is 1.60. The van der Waals surface area contributed by atoms with Crippen LogP contribution in [-0.2, 0) is 4.79 Å². The normalized spacial score (nSPS) is 12.1. The molecule has 17 heavy (non-hydrogen) atoms. The predicted octanol–water partition coefficient (Wildman–Crippen LogP) is 1.18. The zero-order chi connectivity index (χ0) is 12.3. The van der Waals surface area contributed by atoms with Crippen LogP contribution in [0.15, 0.2) is 30.5 Å². The molecule has 88 valence electrons. The first-order valence-corrected chi connectivity index (χ1v) is 5.40. The van der Waals surface area contributed by atoms with Gasteiger partial charge in [0.2, 0.25) is 5.91 Å². The molecule has 2 rings (SSSR count). The smallest absolute Gasteiger partial charge is 0.241 e. The fraction of sp³-hybridized carbons (Fsp3) is 0.250. The van der Waals surface area contributed by atoms with Crippen LogP contribution >= 0.6 is 0 Å². The molecule has 1 aromatic carbocycles. The van der Waals surface area contributed by atoms with Crippen molar-refractivity contribution >= 4 is 22.8 Å². The van der Waals surface area contributed by atoms with Crippen LogP contribution in [0, 0.1) is 0 Å². The van der Waals surface area contributed by atoms with Crippen LogP contribution in [0.5, 0.6) is 0 Å². The van der Waals surface area contributed by atoms with Gasteiger partial charge in [-0.1, -0.05) is 12.1 Å². The lowest BCUT2D eigenvalue weighted by molar-refractivity contribution is -0.121. The van der Waals surface area contributed by atoms with Gasteiger partial charge in [-0.3, -0.25) is 9.78 Å². The minimum absolute atomic E-state index is 0.0834. The van der Waals surface area contributed by atoms with Gasteiger partial charge in [0.1, 0.15) is 11.9 Å². The Morgan fingerprint density at radius 3 is 2.71 bits per heavy atom. The van der Waals surface area contributed by atoms with Crippen molar-refractivity contribution in [1.82, 2.24) is 15.3 Å². The van der Waals surface area contributed by atoms with Crippen molar-refractivity contribution in [3.05, 3.63) is 30.5 Å². The van der Waals surface area contributed by atoms with Gasteiger partial charge in [0.25, 0.3) is 0 Å². The number of nitrogens with zero attached hydrogens (tertiary/aromatic N) is 2. The average Bonchev–Trinajstić information content (AvgIpc) is 2.37. The van der Waals surface area contributed by atoms with E-state index in [1.165, 1.54) is 0 Å². The quantitative estimate of drug-likeness (QED) is 0.830. The monoisotopic (exact) mass is 230 g/mol. The molecule has 0 aliphatic heterocycles. The van der Waals surface area contributed by atoms with Crippen LogP contribution in [0.2, 0.25) is 0 Å². The molecule has 0 radical (unpaired) electrons. The molecule has 1 heterocycles. The Hall–Kier alpha value is -2.17. The van der Waals surface area contributed by atoms with E-state index in [1.807, 2.05) is 24.3 Å². The Morgan fingerprint density at radius 2 is 2.00 bits per heavy atom. The van der Waals surface area contributed by atoms with Crippen molar-refractivity contribution in [2.75, 3.05) is 12.4 Å². The number of hydrogen-bond acceptors (Lipinski definition) is 4. The molecule has 0 saturated carbocycles. The second-order valence-corrected chi connectivity index (χ2v) is 3.72. The van der Waals surface area contributed by atoms with Gasteiger partial charge >= 0.3 is 0 Å². The van der Waals surface area contributed by atoms with Crippen molar-refractivity contribution < 1.29 is 4.79 Å². The molecule has 2 aromatic rings. The molecule has 5 heteroatoms. The Labute approximate surface area is 99.3 Å². The fourth-order valence-electron chi connectivity index (χ4n) is 1.53. The molecular weight excluding hydrogens is 216 g/mol. The summed E-state index contributed by atoms with van der Waals surface area (Å²) in [6.07, 6.45) is 1.63. The number of likely N-dealkylation sites (N-methyl/N-ethyl adjacent to an activating group) is 1. The van der Waals surface area contributed by atoms with Gasteiger partial charge in [-0.05, 0) is 19.1 Å². The van der Waals surface area contributed by atoms with Crippen molar-refractivity contribution in [1.29, 1.82) is 0 Å². The minimum atomic E-state index is -0.338. The zero-order valence-corrected chi connectivity index (χ0v) is 9.77. The van der Waals surface area contributed by atoms with Gasteiger partial charge < -0.3 is 10.6 Å². The zero-order valence-electron chi connectivity index (χ0n) is 9.77. The van der Waals surface area contributed by atoms with Gasteiger partial charge in [-0.25, -0.2) is 4.98 Å². The molecule has 2 N–H and O–H groups in total. The molecule has 0 aliphatic rings. The minimum Gasteiger partial charge on any atom is -0.357 e. The molecule has 5 nitrogen and oxygen atoms in total. The highest BCUT2D eigenvalue weighted by Crippen LogP contribution is 2.11. The molecule has 1 atom stereocenters. The van der Waals surface area contributed by atoms with E-state index in [0.29, 0.717) is 5.82 Å². The second-order valence-electron chi connectivity index (χ2n) is 3.72. The van der Waals surface area contributed by atoms with E-state index in [4.69, 9.17) is 0 Å². The number of benzene rings is 1. The topological polar surface area (TPSA) is 66.9 Å². The summed E-state index contributed by atoms with van der Waals surface area (Å²) in [6.45, 7) is 1.77. The summed E-state index contributed by atoms with van der Waals surface area (Å²) in [5.41, 5.74) is 1.65. The molecule has 0 aliphatic carbocycles. The molecule has 0 bridgehead atoms. The van der Waals surface area contributed by atoms with Gasteiger partial charge in [0, 0.05) is 7.05 Å². The number of hydrogen-bond donors (Lipinski definition) is 2. The molecule has 1 aromatic heterocycles. The number of nitrogens with one attached hydrogen (secondary N) is 2. The van der Waals surface area contributed by atoms with Gasteiger partial charge in [-0.15, -0.1) is 0 Å². The Morgan fingerprint density at radius 1 is 1.29 bits per heavy atom. The van der Waals surface area contributed by atoms with Gasteiger partial charge in [0.05, 0.1) is 17.2 Å². The van der Waals surface area contributed by atoms with Crippen LogP contribution in [0.25, 0.3) is 11.0 Å². The number of para-hydroxylation sites is 2. The number of anilines is 1. The van der Waals surface area contributed by atoms with Crippen molar-refractivity contribution in [3.8, 4) is 0 Å². The number of aromatic nitrogens is 2. The molecule has 1 unspecified atom stereocenters. The van der Waals surface area contributed by atoms with E-state index < -0.39 is 0 Å². The maximum absolute atomic E-state index is 11.4. The largest absolute Gasteiger partial charge is 0.357 e. The van der Waals surface area contributed by atoms with Crippen molar-refractivity contribution in [3.63, 3.8) is 0 Å². The first-order chi connectivity index (χ1) is 8.20. The van der Waals surface area contributed by atoms with Crippen LogP contribution in [0.4, 0.5) is 5.82 Å². The van der Waals surface area contributed by atoms with E-state index in [9.17, 15) is 4.79 Å². The van der Waals surface area contributed by atoms with Crippen molar-refractivity contribution in [2.45, 2.75) is 13.0 Å². The van der Waals surface area contributed by atoms with Crippen molar-refractivity contribution in [2.24, 2.45) is 0 Å². The summed E-state index contributed by atoms with van der Waals surface area (Å²) < 4.78 is 0. The molecule has 0 fully saturated rings. The highest BCUT2D eigenvalue weighted by molar-refractivity contribution is 5.84. The van der Waals surface area contributed by atoms with Crippen LogP contribution in [0.1, 0.15) is 6.92 Å². The maximum atomic E-state index is 11.4. The van der Waals surface area contributed by atoms with Crippen LogP contribution in [0.3, 0.4) is 0 Å². The first-order valence-electron chi connectivity index (χ1n) is 5.40. The number of fused-ring (bicyclic) bond motifs is 1. The predicted molar refractivity (Wildman–Crippen MR) is 66.7 cm³/mol. The summed E-state index contributed by atoms with van der Waals surface area (Å²) in [5.74, 6) is 0.514.